The molecule has 29 heavy (non-hydrogen) atoms. The van der Waals surface area contributed by atoms with Gasteiger partial charge in [0.25, 0.3) is 0 Å². The Morgan fingerprint density at radius 2 is 1.83 bits per heavy atom. The summed E-state index contributed by atoms with van der Waals surface area (Å²) in [5.74, 6) is 0.571. The molecule has 2 aromatic carbocycles. The molecule has 0 N–H and O–H groups in total. The van der Waals surface area contributed by atoms with Gasteiger partial charge in [0.15, 0.2) is 0 Å². The second-order valence-corrected chi connectivity index (χ2v) is 7.08. The zero-order chi connectivity index (χ0) is 21.2. The van der Waals surface area contributed by atoms with Crippen LogP contribution in [0.15, 0.2) is 42.5 Å². The third-order valence-corrected chi connectivity index (χ3v) is 4.65. The van der Waals surface area contributed by atoms with Crippen molar-refractivity contribution in [2.75, 3.05) is 18.1 Å². The highest BCUT2D eigenvalue weighted by atomic mass is 19.4. The summed E-state index contributed by atoms with van der Waals surface area (Å²) in [6, 6.07) is 13.9. The quantitative estimate of drug-likeness (QED) is 0.756. The van der Waals surface area contributed by atoms with Crippen molar-refractivity contribution in [2.45, 2.75) is 31.9 Å². The lowest BCUT2D eigenvalue weighted by Crippen LogP contribution is -2.39. The van der Waals surface area contributed by atoms with E-state index in [4.69, 9.17) is 20.0 Å². The SMILES string of the molecule is CC1(C)O[C@H](COc2ccc(C#N)cc2)CN1c1ccc(C#N)c(C(F)(F)F)c1. The van der Waals surface area contributed by atoms with Gasteiger partial charge in [0.05, 0.1) is 35.4 Å². The van der Waals surface area contributed by atoms with Gasteiger partial charge < -0.3 is 14.4 Å². The first-order valence-corrected chi connectivity index (χ1v) is 8.84. The number of benzene rings is 2. The van der Waals surface area contributed by atoms with E-state index in [1.54, 1.807) is 49.1 Å². The minimum Gasteiger partial charge on any atom is -0.491 e. The van der Waals surface area contributed by atoms with E-state index in [-0.39, 0.29) is 12.7 Å². The minimum atomic E-state index is -4.62. The number of ether oxygens (including phenoxy) is 2. The fourth-order valence-corrected chi connectivity index (χ4v) is 3.28. The summed E-state index contributed by atoms with van der Waals surface area (Å²) in [5.41, 5.74) is -1.40. The van der Waals surface area contributed by atoms with Crippen LogP contribution in [0, 0.1) is 22.7 Å². The molecule has 0 aliphatic carbocycles. The first kappa shape index (κ1) is 20.5. The Morgan fingerprint density at radius 3 is 2.41 bits per heavy atom. The molecule has 0 bridgehead atoms. The van der Waals surface area contributed by atoms with Crippen molar-refractivity contribution in [3.05, 3.63) is 59.2 Å². The molecule has 0 amide bonds. The highest BCUT2D eigenvalue weighted by Gasteiger charge is 2.41. The Labute approximate surface area is 166 Å². The molecule has 0 spiro atoms. The van der Waals surface area contributed by atoms with E-state index in [1.807, 2.05) is 6.07 Å². The van der Waals surface area contributed by atoms with E-state index in [0.717, 1.165) is 6.07 Å². The highest BCUT2D eigenvalue weighted by Crippen LogP contribution is 2.38. The van der Waals surface area contributed by atoms with Crippen LogP contribution in [0.5, 0.6) is 5.75 Å². The number of nitriles is 2. The number of nitrogens with zero attached hydrogens (tertiary/aromatic N) is 3. The summed E-state index contributed by atoms with van der Waals surface area (Å²) in [4.78, 5) is 1.72. The average Bonchev–Trinajstić information content (AvgIpc) is 3.00. The molecule has 1 aliphatic heterocycles. The normalized spacial score (nSPS) is 18.2. The molecule has 3 rings (SSSR count). The molecule has 1 fully saturated rings. The van der Waals surface area contributed by atoms with Gasteiger partial charge in [-0.2, -0.15) is 23.7 Å². The van der Waals surface area contributed by atoms with Crippen molar-refractivity contribution in [3.63, 3.8) is 0 Å². The molecule has 1 heterocycles. The molecule has 2 aromatic rings. The number of hydrogen-bond donors (Lipinski definition) is 0. The predicted molar refractivity (Wildman–Crippen MR) is 99.1 cm³/mol. The van der Waals surface area contributed by atoms with E-state index in [1.165, 1.54) is 12.1 Å². The molecule has 0 radical (unpaired) electrons. The maximum absolute atomic E-state index is 13.3. The van der Waals surface area contributed by atoms with E-state index in [2.05, 4.69) is 0 Å². The fraction of sp³-hybridized carbons (Fsp3) is 0.333. The Balaban J connectivity index is 1.76. The monoisotopic (exact) mass is 401 g/mol. The van der Waals surface area contributed by atoms with E-state index in [0.29, 0.717) is 23.5 Å². The standard InChI is InChI=1S/C21H18F3N3O2/c1-20(2)27(16-6-5-15(11-26)19(9-16)21(22,23)24)12-18(29-20)13-28-17-7-3-14(10-25)4-8-17/h3-9,18H,12-13H2,1-2H3/t18-/m0/s1. The maximum atomic E-state index is 13.3. The van der Waals surface area contributed by atoms with Crippen molar-refractivity contribution in [1.29, 1.82) is 10.5 Å². The molecular formula is C21H18F3N3O2. The van der Waals surface area contributed by atoms with Gasteiger partial charge in [0, 0.05) is 5.69 Å². The lowest BCUT2D eigenvalue weighted by Gasteiger charge is -2.32. The number of rotatable bonds is 4. The second-order valence-electron chi connectivity index (χ2n) is 7.08. The summed E-state index contributed by atoms with van der Waals surface area (Å²) in [6.45, 7) is 4.06. The second kappa shape index (κ2) is 7.65. The maximum Gasteiger partial charge on any atom is 0.417 e. The van der Waals surface area contributed by atoms with Gasteiger partial charge >= 0.3 is 6.18 Å². The van der Waals surface area contributed by atoms with E-state index in [9.17, 15) is 13.2 Å². The summed E-state index contributed by atoms with van der Waals surface area (Å²) in [7, 11) is 0. The van der Waals surface area contributed by atoms with Crippen molar-refractivity contribution < 1.29 is 22.6 Å². The van der Waals surface area contributed by atoms with Crippen LogP contribution in [0.3, 0.4) is 0 Å². The van der Waals surface area contributed by atoms with Crippen LogP contribution in [0.2, 0.25) is 0 Å². The van der Waals surface area contributed by atoms with Crippen LogP contribution in [0.1, 0.15) is 30.5 Å². The molecule has 0 saturated carbocycles. The number of hydrogen-bond acceptors (Lipinski definition) is 5. The first-order valence-electron chi connectivity index (χ1n) is 8.84. The van der Waals surface area contributed by atoms with Crippen molar-refractivity contribution in [1.82, 2.24) is 0 Å². The topological polar surface area (TPSA) is 69.3 Å². The third-order valence-electron chi connectivity index (χ3n) is 4.65. The summed E-state index contributed by atoms with van der Waals surface area (Å²) < 4.78 is 51.5. The van der Waals surface area contributed by atoms with Crippen LogP contribution in [-0.2, 0) is 10.9 Å². The van der Waals surface area contributed by atoms with Gasteiger partial charge in [0.1, 0.15) is 24.2 Å². The first-order chi connectivity index (χ1) is 13.6. The number of halogens is 3. The summed E-state index contributed by atoms with van der Waals surface area (Å²) in [5, 5.41) is 17.8. The van der Waals surface area contributed by atoms with Crippen LogP contribution in [0.25, 0.3) is 0 Å². The van der Waals surface area contributed by atoms with Crippen LogP contribution >= 0.6 is 0 Å². The van der Waals surface area contributed by atoms with Crippen molar-refractivity contribution in [3.8, 4) is 17.9 Å². The van der Waals surface area contributed by atoms with Gasteiger partial charge in [-0.25, -0.2) is 0 Å². The molecule has 1 atom stereocenters. The summed E-state index contributed by atoms with van der Waals surface area (Å²) in [6.07, 6.45) is -4.99. The van der Waals surface area contributed by atoms with Crippen LogP contribution in [0.4, 0.5) is 18.9 Å². The molecule has 5 nitrogen and oxygen atoms in total. The van der Waals surface area contributed by atoms with Gasteiger partial charge in [-0.1, -0.05) is 0 Å². The Hall–Kier alpha value is -3.23. The fourth-order valence-electron chi connectivity index (χ4n) is 3.28. The Bertz CT molecular complexity index is 973. The molecule has 0 unspecified atom stereocenters. The Morgan fingerprint density at radius 1 is 1.14 bits per heavy atom. The summed E-state index contributed by atoms with van der Waals surface area (Å²) >= 11 is 0. The smallest absolute Gasteiger partial charge is 0.417 e. The molecule has 8 heteroatoms. The van der Waals surface area contributed by atoms with Crippen molar-refractivity contribution >= 4 is 5.69 Å². The number of alkyl halides is 3. The molecule has 1 aliphatic rings. The minimum absolute atomic E-state index is 0.203. The van der Waals surface area contributed by atoms with Crippen LogP contribution in [-0.4, -0.2) is 25.0 Å². The number of anilines is 1. The van der Waals surface area contributed by atoms with E-state index >= 15 is 0 Å². The highest BCUT2D eigenvalue weighted by molar-refractivity contribution is 5.56. The van der Waals surface area contributed by atoms with Gasteiger partial charge in [-0.15, -0.1) is 0 Å². The van der Waals surface area contributed by atoms with Crippen LogP contribution < -0.4 is 9.64 Å². The largest absolute Gasteiger partial charge is 0.491 e. The zero-order valence-corrected chi connectivity index (χ0v) is 15.8. The van der Waals surface area contributed by atoms with Gasteiger partial charge in [-0.05, 0) is 56.3 Å². The molecule has 0 aromatic heterocycles. The zero-order valence-electron chi connectivity index (χ0n) is 15.8. The lowest BCUT2D eigenvalue weighted by atomic mass is 10.1. The third kappa shape index (κ3) is 4.44. The lowest BCUT2D eigenvalue weighted by molar-refractivity contribution is -0.137. The van der Waals surface area contributed by atoms with Crippen molar-refractivity contribution in [2.24, 2.45) is 0 Å². The predicted octanol–water partition coefficient (Wildman–Crippen LogP) is 4.47. The van der Waals surface area contributed by atoms with E-state index < -0.39 is 23.0 Å². The van der Waals surface area contributed by atoms with Gasteiger partial charge in [-0.3, -0.25) is 0 Å². The molecular weight excluding hydrogens is 383 g/mol. The molecule has 150 valence electrons. The van der Waals surface area contributed by atoms with Gasteiger partial charge in [0.2, 0.25) is 0 Å². The molecule has 1 saturated heterocycles. The average molecular weight is 401 g/mol. The Kier molecular flexibility index (Phi) is 5.41.